The van der Waals surface area contributed by atoms with E-state index in [0.29, 0.717) is 12.4 Å². The SMILES string of the molecule is CCOC(=O)c1ccnc(N(CC)CC(=O)N(C)C)c1N. The topological polar surface area (TPSA) is 88.8 Å². The van der Waals surface area contributed by atoms with Gasteiger partial charge in [0.25, 0.3) is 0 Å². The number of nitrogen functional groups attached to an aromatic ring is 1. The van der Waals surface area contributed by atoms with Crippen LogP contribution in [-0.2, 0) is 9.53 Å². The summed E-state index contributed by atoms with van der Waals surface area (Å²) in [4.78, 5) is 31.1. The average molecular weight is 294 g/mol. The Hall–Kier alpha value is -2.31. The molecule has 1 aromatic heterocycles. The molecule has 0 atom stereocenters. The van der Waals surface area contributed by atoms with Crippen molar-refractivity contribution in [3.8, 4) is 0 Å². The molecule has 0 unspecified atom stereocenters. The van der Waals surface area contributed by atoms with Crippen molar-refractivity contribution in [3.05, 3.63) is 17.8 Å². The Morgan fingerprint density at radius 1 is 1.33 bits per heavy atom. The Morgan fingerprint density at radius 3 is 2.52 bits per heavy atom. The van der Waals surface area contributed by atoms with Crippen LogP contribution in [0.2, 0.25) is 0 Å². The molecule has 1 aromatic rings. The second-order valence-corrected chi connectivity index (χ2v) is 4.62. The Kier molecular flexibility index (Phi) is 5.95. The van der Waals surface area contributed by atoms with E-state index < -0.39 is 5.97 Å². The predicted octanol–water partition coefficient (Wildman–Crippen LogP) is 0.755. The van der Waals surface area contributed by atoms with Crippen LogP contribution in [-0.4, -0.2) is 55.6 Å². The molecule has 0 aliphatic carbocycles. The van der Waals surface area contributed by atoms with E-state index in [1.807, 2.05) is 6.92 Å². The van der Waals surface area contributed by atoms with Crippen molar-refractivity contribution >= 4 is 23.4 Å². The first kappa shape index (κ1) is 16.7. The summed E-state index contributed by atoms with van der Waals surface area (Å²) < 4.78 is 4.96. The molecule has 0 fully saturated rings. The molecule has 0 saturated heterocycles. The van der Waals surface area contributed by atoms with Gasteiger partial charge in [0.15, 0.2) is 5.82 Å². The lowest BCUT2D eigenvalue weighted by atomic mass is 10.2. The van der Waals surface area contributed by atoms with Gasteiger partial charge in [-0.05, 0) is 19.9 Å². The zero-order valence-electron chi connectivity index (χ0n) is 12.9. The number of ether oxygens (including phenoxy) is 1. The van der Waals surface area contributed by atoms with Crippen LogP contribution in [0.5, 0.6) is 0 Å². The van der Waals surface area contributed by atoms with Crippen LogP contribution in [0.3, 0.4) is 0 Å². The maximum atomic E-state index is 11.8. The Bertz CT molecular complexity index is 517. The number of rotatable bonds is 6. The summed E-state index contributed by atoms with van der Waals surface area (Å²) in [5.41, 5.74) is 6.50. The van der Waals surface area contributed by atoms with Gasteiger partial charge in [0.2, 0.25) is 5.91 Å². The molecule has 0 radical (unpaired) electrons. The van der Waals surface area contributed by atoms with Crippen molar-refractivity contribution in [2.45, 2.75) is 13.8 Å². The number of hydrogen-bond acceptors (Lipinski definition) is 6. The lowest BCUT2D eigenvalue weighted by Gasteiger charge is -2.24. The molecule has 0 saturated carbocycles. The second-order valence-electron chi connectivity index (χ2n) is 4.62. The van der Waals surface area contributed by atoms with Gasteiger partial charge in [0.05, 0.1) is 24.4 Å². The third kappa shape index (κ3) is 4.08. The largest absolute Gasteiger partial charge is 0.462 e. The van der Waals surface area contributed by atoms with Crippen molar-refractivity contribution < 1.29 is 14.3 Å². The van der Waals surface area contributed by atoms with E-state index >= 15 is 0 Å². The minimum atomic E-state index is -0.492. The highest BCUT2D eigenvalue weighted by molar-refractivity contribution is 5.98. The summed E-state index contributed by atoms with van der Waals surface area (Å²) in [6, 6.07) is 1.51. The van der Waals surface area contributed by atoms with Crippen LogP contribution in [0.15, 0.2) is 12.3 Å². The number of esters is 1. The molecule has 1 heterocycles. The molecule has 0 aliphatic heterocycles. The first-order valence-electron chi connectivity index (χ1n) is 6.79. The van der Waals surface area contributed by atoms with Gasteiger partial charge in [0.1, 0.15) is 0 Å². The number of hydrogen-bond donors (Lipinski definition) is 1. The van der Waals surface area contributed by atoms with Gasteiger partial charge >= 0.3 is 5.97 Å². The number of carbonyl (C=O) groups is 2. The smallest absolute Gasteiger partial charge is 0.340 e. The molecule has 0 bridgehead atoms. The first-order valence-corrected chi connectivity index (χ1v) is 6.79. The van der Waals surface area contributed by atoms with E-state index in [-0.39, 0.29) is 30.3 Å². The molecular weight excluding hydrogens is 272 g/mol. The van der Waals surface area contributed by atoms with E-state index in [1.54, 1.807) is 25.9 Å². The van der Waals surface area contributed by atoms with Crippen LogP contribution >= 0.6 is 0 Å². The highest BCUT2D eigenvalue weighted by Crippen LogP contribution is 2.24. The standard InChI is InChI=1S/C14H22N4O3/c1-5-18(9-11(19)17(3)4)13-12(15)10(7-8-16-13)14(20)21-6-2/h7-8H,5-6,9,15H2,1-4H3. The fourth-order valence-corrected chi connectivity index (χ4v) is 1.74. The Morgan fingerprint density at radius 2 is 2.00 bits per heavy atom. The molecular formula is C14H22N4O3. The van der Waals surface area contributed by atoms with Crippen molar-refractivity contribution in [1.29, 1.82) is 0 Å². The summed E-state index contributed by atoms with van der Waals surface area (Å²) in [5, 5.41) is 0. The molecule has 0 aliphatic rings. The molecule has 2 N–H and O–H groups in total. The molecule has 0 spiro atoms. The highest BCUT2D eigenvalue weighted by atomic mass is 16.5. The third-order valence-corrected chi connectivity index (χ3v) is 2.97. The zero-order valence-corrected chi connectivity index (χ0v) is 12.9. The minimum absolute atomic E-state index is 0.0698. The summed E-state index contributed by atoms with van der Waals surface area (Å²) in [6.45, 7) is 4.58. The number of pyridine rings is 1. The molecule has 7 heteroatoms. The molecule has 1 amide bonds. The van der Waals surface area contributed by atoms with Crippen molar-refractivity contribution in [1.82, 2.24) is 9.88 Å². The summed E-state index contributed by atoms with van der Waals surface area (Å²) >= 11 is 0. The number of nitrogens with zero attached hydrogens (tertiary/aromatic N) is 3. The highest BCUT2D eigenvalue weighted by Gasteiger charge is 2.20. The minimum Gasteiger partial charge on any atom is -0.462 e. The number of carbonyl (C=O) groups excluding carboxylic acids is 2. The normalized spacial score (nSPS) is 10.1. The van der Waals surface area contributed by atoms with Gasteiger partial charge in [-0.25, -0.2) is 9.78 Å². The van der Waals surface area contributed by atoms with Crippen molar-refractivity contribution in [2.24, 2.45) is 0 Å². The Labute approximate surface area is 124 Å². The van der Waals surface area contributed by atoms with Gasteiger partial charge in [-0.2, -0.15) is 0 Å². The lowest BCUT2D eigenvalue weighted by Crippen LogP contribution is -2.37. The third-order valence-electron chi connectivity index (χ3n) is 2.97. The predicted molar refractivity (Wildman–Crippen MR) is 81.2 cm³/mol. The number of amides is 1. The van der Waals surface area contributed by atoms with E-state index in [2.05, 4.69) is 4.98 Å². The van der Waals surface area contributed by atoms with Crippen LogP contribution < -0.4 is 10.6 Å². The van der Waals surface area contributed by atoms with Gasteiger partial charge in [-0.15, -0.1) is 0 Å². The average Bonchev–Trinajstić information content (AvgIpc) is 2.45. The van der Waals surface area contributed by atoms with Gasteiger partial charge in [-0.1, -0.05) is 0 Å². The summed E-state index contributed by atoms with van der Waals surface area (Å²) in [5.74, 6) is -0.147. The Balaban J connectivity index is 3.08. The number of aromatic nitrogens is 1. The molecule has 21 heavy (non-hydrogen) atoms. The monoisotopic (exact) mass is 294 g/mol. The molecule has 0 aromatic carbocycles. The number of anilines is 2. The van der Waals surface area contributed by atoms with Gasteiger partial charge in [-0.3, -0.25) is 4.79 Å². The van der Waals surface area contributed by atoms with Gasteiger partial charge < -0.3 is 20.3 Å². The molecule has 1 rings (SSSR count). The first-order chi connectivity index (χ1) is 9.92. The maximum Gasteiger partial charge on any atom is 0.340 e. The molecule has 7 nitrogen and oxygen atoms in total. The van der Waals surface area contributed by atoms with Crippen LogP contribution in [0.25, 0.3) is 0 Å². The maximum absolute atomic E-state index is 11.8. The number of nitrogens with two attached hydrogens (primary N) is 1. The van der Waals surface area contributed by atoms with Crippen LogP contribution in [0, 0.1) is 0 Å². The summed E-state index contributed by atoms with van der Waals surface area (Å²) in [7, 11) is 3.37. The zero-order chi connectivity index (χ0) is 16.0. The van der Waals surface area contributed by atoms with E-state index in [4.69, 9.17) is 10.5 Å². The lowest BCUT2D eigenvalue weighted by molar-refractivity contribution is -0.127. The van der Waals surface area contributed by atoms with E-state index in [0.717, 1.165) is 0 Å². The molecule has 116 valence electrons. The van der Waals surface area contributed by atoms with E-state index in [1.165, 1.54) is 17.2 Å². The van der Waals surface area contributed by atoms with Gasteiger partial charge in [0, 0.05) is 26.8 Å². The summed E-state index contributed by atoms with van der Waals surface area (Å²) in [6.07, 6.45) is 1.49. The van der Waals surface area contributed by atoms with Crippen molar-refractivity contribution in [3.63, 3.8) is 0 Å². The van der Waals surface area contributed by atoms with Crippen LogP contribution in [0.4, 0.5) is 11.5 Å². The number of likely N-dealkylation sites (N-methyl/N-ethyl adjacent to an activating group) is 2. The van der Waals surface area contributed by atoms with Crippen LogP contribution in [0.1, 0.15) is 24.2 Å². The fraction of sp³-hybridized carbons (Fsp3) is 0.500. The van der Waals surface area contributed by atoms with Crippen molar-refractivity contribution in [2.75, 3.05) is 44.4 Å². The second kappa shape index (κ2) is 7.47. The van der Waals surface area contributed by atoms with E-state index in [9.17, 15) is 9.59 Å². The fourth-order valence-electron chi connectivity index (χ4n) is 1.74. The quantitative estimate of drug-likeness (QED) is 0.779.